The molecule has 1 aromatic rings. The topological polar surface area (TPSA) is 20.3 Å². The van der Waals surface area contributed by atoms with E-state index in [0.29, 0.717) is 6.42 Å². The third kappa shape index (κ3) is 2.24. The molecule has 2 nitrogen and oxygen atoms in total. The van der Waals surface area contributed by atoms with Gasteiger partial charge in [0.15, 0.2) is 0 Å². The molecule has 0 aliphatic carbocycles. The smallest absolute Gasteiger partial charge is 0.231 e. The van der Waals surface area contributed by atoms with Crippen LogP contribution in [0.1, 0.15) is 24.0 Å². The molecule has 86 valence electrons. The second kappa shape index (κ2) is 4.91. The number of carbonyl (C=O) groups is 1. The Morgan fingerprint density at radius 1 is 1.38 bits per heavy atom. The predicted molar refractivity (Wildman–Crippen MR) is 70.3 cm³/mol. The van der Waals surface area contributed by atoms with E-state index in [1.165, 1.54) is 17.5 Å². The zero-order chi connectivity index (χ0) is 11.5. The summed E-state index contributed by atoms with van der Waals surface area (Å²) in [7, 11) is 1.84. The molecule has 1 aliphatic rings. The van der Waals surface area contributed by atoms with E-state index in [1.807, 2.05) is 7.05 Å². The van der Waals surface area contributed by atoms with Crippen molar-refractivity contribution in [3.63, 3.8) is 0 Å². The Labute approximate surface area is 102 Å². The molecule has 0 radical (unpaired) electrons. The first kappa shape index (κ1) is 11.5. The fourth-order valence-corrected chi connectivity index (χ4v) is 2.34. The molecule has 0 saturated heterocycles. The quantitative estimate of drug-likeness (QED) is 0.628. The summed E-state index contributed by atoms with van der Waals surface area (Å²) in [5, 5.41) is 0. The van der Waals surface area contributed by atoms with Gasteiger partial charge in [-0.3, -0.25) is 4.79 Å². The van der Waals surface area contributed by atoms with E-state index >= 15 is 0 Å². The predicted octanol–water partition coefficient (Wildman–Crippen LogP) is 2.46. The number of rotatable bonds is 4. The van der Waals surface area contributed by atoms with Crippen molar-refractivity contribution in [3.8, 4) is 0 Å². The third-order valence-electron chi connectivity index (χ3n) is 3.09. The summed E-state index contributed by atoms with van der Waals surface area (Å²) in [5.74, 6) is 1.15. The molecule has 3 heteroatoms. The molecular weight excluding hydrogens is 218 g/mol. The summed E-state index contributed by atoms with van der Waals surface area (Å²) in [6.45, 7) is 0. The van der Waals surface area contributed by atoms with Crippen LogP contribution in [0.25, 0.3) is 0 Å². The number of thiol groups is 1. The van der Waals surface area contributed by atoms with Gasteiger partial charge in [0.2, 0.25) is 5.91 Å². The van der Waals surface area contributed by atoms with Gasteiger partial charge in [-0.05, 0) is 42.2 Å². The van der Waals surface area contributed by atoms with E-state index in [0.717, 1.165) is 24.3 Å². The Hall–Kier alpha value is -0.960. The first-order valence-electron chi connectivity index (χ1n) is 5.71. The van der Waals surface area contributed by atoms with E-state index in [1.54, 1.807) is 4.90 Å². The average Bonchev–Trinajstić information content (AvgIpc) is 2.55. The minimum absolute atomic E-state index is 0.197. The monoisotopic (exact) mass is 235 g/mol. The van der Waals surface area contributed by atoms with Gasteiger partial charge in [-0.25, -0.2) is 0 Å². The first-order valence-corrected chi connectivity index (χ1v) is 6.35. The molecule has 0 N–H and O–H groups in total. The van der Waals surface area contributed by atoms with Crippen molar-refractivity contribution >= 4 is 24.2 Å². The summed E-state index contributed by atoms with van der Waals surface area (Å²) in [6.07, 6.45) is 3.98. The number of hydrogen-bond acceptors (Lipinski definition) is 2. The summed E-state index contributed by atoms with van der Waals surface area (Å²) in [5.41, 5.74) is 3.59. The van der Waals surface area contributed by atoms with Crippen molar-refractivity contribution < 1.29 is 4.79 Å². The van der Waals surface area contributed by atoms with Gasteiger partial charge in [-0.2, -0.15) is 12.6 Å². The van der Waals surface area contributed by atoms with Gasteiger partial charge in [0.1, 0.15) is 0 Å². The maximum atomic E-state index is 11.5. The van der Waals surface area contributed by atoms with Crippen LogP contribution in [0.5, 0.6) is 0 Å². The largest absolute Gasteiger partial charge is 0.315 e. The number of carbonyl (C=O) groups excluding carboxylic acids is 1. The Balaban J connectivity index is 2.09. The molecule has 0 aromatic heterocycles. The van der Waals surface area contributed by atoms with Gasteiger partial charge in [0, 0.05) is 12.7 Å². The fourth-order valence-electron chi connectivity index (χ4n) is 2.12. The van der Waals surface area contributed by atoms with Gasteiger partial charge < -0.3 is 4.90 Å². The molecule has 16 heavy (non-hydrogen) atoms. The molecule has 0 spiro atoms. The van der Waals surface area contributed by atoms with Crippen LogP contribution < -0.4 is 4.90 Å². The Morgan fingerprint density at radius 2 is 2.19 bits per heavy atom. The third-order valence-corrected chi connectivity index (χ3v) is 3.41. The van der Waals surface area contributed by atoms with Crippen LogP contribution in [0.3, 0.4) is 0 Å². The molecule has 1 amide bonds. The highest BCUT2D eigenvalue weighted by Crippen LogP contribution is 2.28. The highest BCUT2D eigenvalue weighted by molar-refractivity contribution is 7.80. The Kier molecular flexibility index (Phi) is 3.54. The minimum Gasteiger partial charge on any atom is -0.315 e. The van der Waals surface area contributed by atoms with E-state index < -0.39 is 0 Å². The van der Waals surface area contributed by atoms with Crippen LogP contribution in [0.2, 0.25) is 0 Å². The van der Waals surface area contributed by atoms with Gasteiger partial charge in [-0.15, -0.1) is 0 Å². The number of fused-ring (bicyclic) bond motifs is 1. The van der Waals surface area contributed by atoms with Crippen LogP contribution in [-0.2, 0) is 17.6 Å². The van der Waals surface area contributed by atoms with Crippen molar-refractivity contribution in [2.45, 2.75) is 25.7 Å². The van der Waals surface area contributed by atoms with Crippen molar-refractivity contribution in [1.82, 2.24) is 0 Å². The number of nitrogens with zero attached hydrogens (tertiary/aromatic N) is 1. The standard InChI is InChI=1S/C13H17NOS/c1-14-12-6-5-10(4-2-3-7-16)8-11(12)9-13(14)15/h5-6,8,16H,2-4,7,9H2,1H3. The molecule has 1 aromatic carbocycles. The summed E-state index contributed by atoms with van der Waals surface area (Å²) >= 11 is 4.20. The second-order valence-corrected chi connectivity index (χ2v) is 4.72. The number of unbranched alkanes of at least 4 members (excludes halogenated alkanes) is 1. The lowest BCUT2D eigenvalue weighted by Gasteiger charge is -2.10. The van der Waals surface area contributed by atoms with Crippen molar-refractivity contribution in [1.29, 1.82) is 0 Å². The summed E-state index contributed by atoms with van der Waals surface area (Å²) in [6, 6.07) is 6.37. The van der Waals surface area contributed by atoms with E-state index in [2.05, 4.69) is 30.8 Å². The van der Waals surface area contributed by atoms with Gasteiger partial charge in [0.25, 0.3) is 0 Å². The molecular formula is C13H17NOS. The highest BCUT2D eigenvalue weighted by atomic mass is 32.1. The molecule has 0 unspecified atom stereocenters. The number of aryl methyl sites for hydroxylation is 1. The summed E-state index contributed by atoms with van der Waals surface area (Å²) in [4.78, 5) is 13.3. The molecule has 0 fully saturated rings. The number of benzene rings is 1. The summed E-state index contributed by atoms with van der Waals surface area (Å²) < 4.78 is 0. The Morgan fingerprint density at radius 3 is 2.94 bits per heavy atom. The highest BCUT2D eigenvalue weighted by Gasteiger charge is 2.23. The minimum atomic E-state index is 0.197. The molecule has 0 bridgehead atoms. The second-order valence-electron chi connectivity index (χ2n) is 4.27. The van der Waals surface area contributed by atoms with Crippen LogP contribution in [0.15, 0.2) is 18.2 Å². The SMILES string of the molecule is CN1C(=O)Cc2cc(CCCCS)ccc21. The number of likely N-dealkylation sites (N-methyl/N-ethyl adjacent to an activating group) is 1. The van der Waals surface area contributed by atoms with Gasteiger partial charge in [0.05, 0.1) is 6.42 Å². The van der Waals surface area contributed by atoms with Crippen LogP contribution >= 0.6 is 12.6 Å². The maximum Gasteiger partial charge on any atom is 0.231 e. The zero-order valence-corrected chi connectivity index (χ0v) is 10.5. The molecule has 1 heterocycles. The van der Waals surface area contributed by atoms with E-state index in [9.17, 15) is 4.79 Å². The van der Waals surface area contributed by atoms with Crippen molar-refractivity contribution in [2.75, 3.05) is 17.7 Å². The Bertz CT molecular complexity index is 403. The number of amides is 1. The van der Waals surface area contributed by atoms with Crippen molar-refractivity contribution in [3.05, 3.63) is 29.3 Å². The van der Waals surface area contributed by atoms with E-state index in [4.69, 9.17) is 0 Å². The van der Waals surface area contributed by atoms with Crippen LogP contribution in [0, 0.1) is 0 Å². The van der Waals surface area contributed by atoms with Gasteiger partial charge in [-0.1, -0.05) is 12.1 Å². The fraction of sp³-hybridized carbons (Fsp3) is 0.462. The number of hydrogen-bond donors (Lipinski definition) is 1. The molecule has 2 rings (SSSR count). The molecule has 0 saturated carbocycles. The van der Waals surface area contributed by atoms with E-state index in [-0.39, 0.29) is 5.91 Å². The lowest BCUT2D eigenvalue weighted by molar-refractivity contribution is -0.117. The lowest BCUT2D eigenvalue weighted by atomic mass is 10.0. The molecule has 1 aliphatic heterocycles. The average molecular weight is 235 g/mol. The zero-order valence-electron chi connectivity index (χ0n) is 9.57. The normalized spacial score (nSPS) is 14.4. The van der Waals surface area contributed by atoms with Gasteiger partial charge >= 0.3 is 0 Å². The first-order chi connectivity index (χ1) is 7.72. The molecule has 0 atom stereocenters. The van der Waals surface area contributed by atoms with Crippen molar-refractivity contribution in [2.24, 2.45) is 0 Å². The van der Waals surface area contributed by atoms with Crippen LogP contribution in [-0.4, -0.2) is 18.7 Å². The maximum absolute atomic E-state index is 11.5. The van der Waals surface area contributed by atoms with Crippen LogP contribution in [0.4, 0.5) is 5.69 Å². The number of anilines is 1. The lowest BCUT2D eigenvalue weighted by Crippen LogP contribution is -2.20.